The molecule has 4 aromatic rings. The normalized spacial score (nSPS) is 13.5. The Morgan fingerprint density at radius 3 is 2.67 bits per heavy atom. The van der Waals surface area contributed by atoms with E-state index >= 15 is 0 Å². The summed E-state index contributed by atoms with van der Waals surface area (Å²) in [7, 11) is 1.64. The monoisotopic (exact) mass is 403 g/mol. The number of carbonyl (C=O) groups is 1. The maximum Gasteiger partial charge on any atom is 0.228 e. The highest BCUT2D eigenvalue weighted by Gasteiger charge is 2.30. The zero-order valence-electron chi connectivity index (χ0n) is 16.8. The number of aromatic nitrogens is 4. The fourth-order valence-corrected chi connectivity index (χ4v) is 3.29. The van der Waals surface area contributed by atoms with Gasteiger partial charge >= 0.3 is 0 Å². The first-order valence-corrected chi connectivity index (χ1v) is 9.86. The number of fused-ring (bicyclic) bond motifs is 1. The summed E-state index contributed by atoms with van der Waals surface area (Å²) in [5.41, 5.74) is 1.67. The number of anilines is 1. The van der Waals surface area contributed by atoms with Crippen molar-refractivity contribution in [1.29, 1.82) is 0 Å². The van der Waals surface area contributed by atoms with Crippen LogP contribution in [-0.2, 0) is 11.2 Å². The maximum absolute atomic E-state index is 12.2. The third kappa shape index (κ3) is 3.63. The zero-order valence-corrected chi connectivity index (χ0v) is 16.8. The van der Waals surface area contributed by atoms with E-state index in [1.165, 1.54) is 0 Å². The molecule has 1 aliphatic carbocycles. The summed E-state index contributed by atoms with van der Waals surface area (Å²) < 4.78 is 12.6. The number of hydrogen-bond donors (Lipinski definition) is 1. The molecule has 1 aromatic carbocycles. The number of ether oxygens (including phenoxy) is 1. The van der Waals surface area contributed by atoms with E-state index in [1.807, 2.05) is 43.3 Å². The molecule has 152 valence electrons. The van der Waals surface area contributed by atoms with Crippen molar-refractivity contribution in [3.8, 4) is 17.3 Å². The number of amides is 1. The van der Waals surface area contributed by atoms with Gasteiger partial charge in [-0.15, -0.1) is 5.10 Å². The van der Waals surface area contributed by atoms with Crippen LogP contribution in [0, 0.1) is 12.8 Å². The number of benzene rings is 1. The number of furan rings is 1. The quantitative estimate of drug-likeness (QED) is 0.528. The van der Waals surface area contributed by atoms with E-state index in [0.29, 0.717) is 35.3 Å². The average molecular weight is 403 g/mol. The molecule has 1 fully saturated rings. The summed E-state index contributed by atoms with van der Waals surface area (Å²) in [6, 6.07) is 13.2. The Balaban J connectivity index is 1.53. The van der Waals surface area contributed by atoms with Crippen LogP contribution in [0.3, 0.4) is 0 Å². The van der Waals surface area contributed by atoms with Crippen LogP contribution in [-0.4, -0.2) is 32.6 Å². The van der Waals surface area contributed by atoms with Gasteiger partial charge in [0.25, 0.3) is 0 Å². The first-order chi connectivity index (χ1) is 14.6. The Hall–Kier alpha value is -3.68. The zero-order chi connectivity index (χ0) is 20.7. The molecule has 3 aromatic heterocycles. The van der Waals surface area contributed by atoms with E-state index in [4.69, 9.17) is 9.15 Å². The van der Waals surface area contributed by atoms with E-state index < -0.39 is 0 Å². The first kappa shape index (κ1) is 18.4. The van der Waals surface area contributed by atoms with Crippen molar-refractivity contribution in [1.82, 2.24) is 19.6 Å². The minimum absolute atomic E-state index is 0.00797. The predicted octanol–water partition coefficient (Wildman–Crippen LogP) is 3.64. The summed E-state index contributed by atoms with van der Waals surface area (Å²) in [5.74, 6) is 3.82. The average Bonchev–Trinajstić information content (AvgIpc) is 3.39. The highest BCUT2D eigenvalue weighted by Crippen LogP contribution is 2.30. The molecule has 1 N–H and O–H groups in total. The fourth-order valence-electron chi connectivity index (χ4n) is 3.29. The van der Waals surface area contributed by atoms with Crippen LogP contribution < -0.4 is 10.1 Å². The standard InChI is InChI=1S/C22H21N5O3/c1-13-3-10-17(30-13)21-24-18(25-22(28)15-6-7-15)12-20-23-19(26-27(20)21)11-14-4-8-16(29-2)9-5-14/h3-5,8-10,12,15H,6-7,11H2,1-2H3,(H,25,28). The maximum atomic E-state index is 12.2. The molecule has 0 saturated heterocycles. The molecular formula is C22H21N5O3. The number of carbonyl (C=O) groups excluding carboxylic acids is 1. The van der Waals surface area contributed by atoms with Crippen molar-refractivity contribution < 1.29 is 13.9 Å². The molecule has 8 nitrogen and oxygen atoms in total. The highest BCUT2D eigenvalue weighted by atomic mass is 16.5. The smallest absolute Gasteiger partial charge is 0.228 e. The molecule has 1 saturated carbocycles. The molecule has 8 heteroatoms. The number of aryl methyl sites for hydroxylation is 1. The van der Waals surface area contributed by atoms with Gasteiger partial charge in [-0.3, -0.25) is 4.79 Å². The second kappa shape index (κ2) is 7.29. The van der Waals surface area contributed by atoms with E-state index in [0.717, 1.165) is 29.9 Å². The molecule has 3 heterocycles. The SMILES string of the molecule is COc1ccc(Cc2nc3cc(NC(=O)C4CC4)nc(-c4ccc(C)o4)n3n2)cc1. The number of hydrogen-bond acceptors (Lipinski definition) is 6. The molecule has 0 aliphatic heterocycles. The topological polar surface area (TPSA) is 94.5 Å². The van der Waals surface area contributed by atoms with Gasteiger partial charge in [0, 0.05) is 18.4 Å². The molecule has 5 rings (SSSR count). The van der Waals surface area contributed by atoms with E-state index in [9.17, 15) is 4.79 Å². The van der Waals surface area contributed by atoms with Crippen LogP contribution in [0.25, 0.3) is 17.2 Å². The van der Waals surface area contributed by atoms with Gasteiger partial charge in [0.2, 0.25) is 11.7 Å². The third-order valence-electron chi connectivity index (χ3n) is 5.05. The van der Waals surface area contributed by atoms with Gasteiger partial charge in [-0.05, 0) is 49.6 Å². The van der Waals surface area contributed by atoms with Gasteiger partial charge < -0.3 is 14.5 Å². The summed E-state index contributed by atoms with van der Waals surface area (Å²) in [6.07, 6.45) is 2.41. The van der Waals surface area contributed by atoms with Crippen LogP contribution in [0.5, 0.6) is 5.75 Å². The highest BCUT2D eigenvalue weighted by molar-refractivity contribution is 5.93. The summed E-state index contributed by atoms with van der Waals surface area (Å²) >= 11 is 0. The molecular weight excluding hydrogens is 382 g/mol. The molecule has 1 amide bonds. The second-order valence-corrected chi connectivity index (χ2v) is 7.46. The van der Waals surface area contributed by atoms with Gasteiger partial charge in [0.15, 0.2) is 17.2 Å². The predicted molar refractivity (Wildman–Crippen MR) is 110 cm³/mol. The van der Waals surface area contributed by atoms with Crippen molar-refractivity contribution in [2.45, 2.75) is 26.2 Å². The molecule has 0 radical (unpaired) electrons. The summed E-state index contributed by atoms with van der Waals surface area (Å²) in [5, 5.41) is 7.54. The Labute approximate surface area is 172 Å². The Morgan fingerprint density at radius 2 is 2.00 bits per heavy atom. The minimum atomic E-state index is -0.00797. The fraction of sp³-hybridized carbons (Fsp3) is 0.273. The van der Waals surface area contributed by atoms with Crippen LogP contribution in [0.4, 0.5) is 5.82 Å². The molecule has 0 bridgehead atoms. The van der Waals surface area contributed by atoms with Crippen LogP contribution in [0.1, 0.15) is 30.0 Å². The number of methoxy groups -OCH3 is 1. The molecule has 1 aliphatic rings. The lowest BCUT2D eigenvalue weighted by atomic mass is 10.1. The van der Waals surface area contributed by atoms with Crippen molar-refractivity contribution in [3.05, 3.63) is 59.6 Å². The van der Waals surface area contributed by atoms with Gasteiger partial charge in [-0.25, -0.2) is 9.97 Å². The third-order valence-corrected chi connectivity index (χ3v) is 5.05. The minimum Gasteiger partial charge on any atom is -0.497 e. The molecule has 0 unspecified atom stereocenters. The van der Waals surface area contributed by atoms with E-state index in [-0.39, 0.29) is 11.8 Å². The van der Waals surface area contributed by atoms with Gasteiger partial charge in [-0.2, -0.15) is 4.52 Å². The largest absolute Gasteiger partial charge is 0.497 e. The lowest BCUT2D eigenvalue weighted by Crippen LogP contribution is -2.15. The van der Waals surface area contributed by atoms with Crippen molar-refractivity contribution in [2.24, 2.45) is 5.92 Å². The summed E-state index contributed by atoms with van der Waals surface area (Å²) in [6.45, 7) is 1.87. The van der Waals surface area contributed by atoms with Gasteiger partial charge in [0.1, 0.15) is 17.3 Å². The van der Waals surface area contributed by atoms with Gasteiger partial charge in [-0.1, -0.05) is 12.1 Å². The van der Waals surface area contributed by atoms with Crippen molar-refractivity contribution in [3.63, 3.8) is 0 Å². The number of nitrogens with zero attached hydrogens (tertiary/aromatic N) is 4. The molecule has 0 atom stereocenters. The number of nitrogens with one attached hydrogen (secondary N) is 1. The van der Waals surface area contributed by atoms with E-state index in [1.54, 1.807) is 17.7 Å². The van der Waals surface area contributed by atoms with Crippen LogP contribution >= 0.6 is 0 Å². The number of rotatable bonds is 6. The Bertz CT molecular complexity index is 1220. The molecule has 30 heavy (non-hydrogen) atoms. The first-order valence-electron chi connectivity index (χ1n) is 9.86. The van der Waals surface area contributed by atoms with Crippen LogP contribution in [0.2, 0.25) is 0 Å². The Morgan fingerprint density at radius 1 is 1.20 bits per heavy atom. The molecule has 0 spiro atoms. The van der Waals surface area contributed by atoms with Crippen molar-refractivity contribution in [2.75, 3.05) is 12.4 Å². The van der Waals surface area contributed by atoms with E-state index in [2.05, 4.69) is 20.4 Å². The lowest BCUT2D eigenvalue weighted by Gasteiger charge is -2.06. The summed E-state index contributed by atoms with van der Waals surface area (Å²) in [4.78, 5) is 21.5. The lowest BCUT2D eigenvalue weighted by molar-refractivity contribution is -0.117. The van der Waals surface area contributed by atoms with Crippen molar-refractivity contribution >= 4 is 17.4 Å². The van der Waals surface area contributed by atoms with Crippen LogP contribution in [0.15, 0.2) is 46.9 Å². The Kier molecular flexibility index (Phi) is 4.46. The second-order valence-electron chi connectivity index (χ2n) is 7.46. The van der Waals surface area contributed by atoms with Gasteiger partial charge in [0.05, 0.1) is 7.11 Å².